The minimum atomic E-state index is 0.182. The van der Waals surface area contributed by atoms with Gasteiger partial charge in [-0.2, -0.15) is 5.10 Å². The molecule has 0 radical (unpaired) electrons. The van der Waals surface area contributed by atoms with Crippen molar-refractivity contribution in [2.45, 2.75) is 39.3 Å². The molecule has 0 fully saturated rings. The number of rotatable bonds is 6. The molecule has 2 N–H and O–H groups in total. The van der Waals surface area contributed by atoms with E-state index in [9.17, 15) is 0 Å². The molecule has 102 valence electrons. The van der Waals surface area contributed by atoms with Gasteiger partial charge in [-0.1, -0.05) is 13.0 Å². The Morgan fingerprint density at radius 2 is 2.16 bits per heavy atom. The summed E-state index contributed by atoms with van der Waals surface area (Å²) in [7, 11) is 0. The summed E-state index contributed by atoms with van der Waals surface area (Å²) in [5.74, 6) is 0.899. The molecule has 1 aromatic heterocycles. The summed E-state index contributed by atoms with van der Waals surface area (Å²) in [4.78, 5) is 0. The van der Waals surface area contributed by atoms with Crippen LogP contribution in [-0.4, -0.2) is 16.3 Å². The van der Waals surface area contributed by atoms with Crippen LogP contribution in [0.15, 0.2) is 36.5 Å². The molecule has 0 aliphatic carbocycles. The largest absolute Gasteiger partial charge is 0.491 e. The predicted octanol–water partition coefficient (Wildman–Crippen LogP) is 3.76. The van der Waals surface area contributed by atoms with Gasteiger partial charge in [0.2, 0.25) is 0 Å². The number of aromatic amines is 1. The molecule has 4 nitrogen and oxygen atoms in total. The van der Waals surface area contributed by atoms with Crippen LogP contribution in [0.4, 0.5) is 5.69 Å². The monoisotopic (exact) mass is 259 g/mol. The van der Waals surface area contributed by atoms with Crippen LogP contribution in [0.5, 0.6) is 5.75 Å². The van der Waals surface area contributed by atoms with Crippen molar-refractivity contribution >= 4 is 5.69 Å². The van der Waals surface area contributed by atoms with Gasteiger partial charge in [0.25, 0.3) is 0 Å². The highest BCUT2D eigenvalue weighted by molar-refractivity contribution is 5.49. The van der Waals surface area contributed by atoms with Gasteiger partial charge < -0.3 is 10.1 Å². The van der Waals surface area contributed by atoms with E-state index in [1.54, 1.807) is 6.20 Å². The fourth-order valence-corrected chi connectivity index (χ4v) is 1.81. The van der Waals surface area contributed by atoms with Crippen molar-refractivity contribution in [3.05, 3.63) is 42.2 Å². The second kappa shape index (κ2) is 6.27. The molecule has 1 heterocycles. The summed E-state index contributed by atoms with van der Waals surface area (Å²) in [5, 5.41) is 10.4. The first kappa shape index (κ1) is 13.5. The van der Waals surface area contributed by atoms with Crippen molar-refractivity contribution < 1.29 is 4.74 Å². The van der Waals surface area contributed by atoms with Gasteiger partial charge in [0.15, 0.2) is 0 Å². The van der Waals surface area contributed by atoms with Gasteiger partial charge in [-0.05, 0) is 38.5 Å². The van der Waals surface area contributed by atoms with Gasteiger partial charge in [-0.15, -0.1) is 0 Å². The Labute approximate surface area is 114 Å². The minimum Gasteiger partial charge on any atom is -0.491 e. The standard InChI is InChI=1S/C15H21N3O/c1-4-11(2)19-14-7-5-6-13(10-14)17-12(3)15-8-9-16-18-15/h5-12,17H,4H2,1-3H3,(H,16,18). The van der Waals surface area contributed by atoms with Crippen LogP contribution in [-0.2, 0) is 0 Å². The quantitative estimate of drug-likeness (QED) is 0.830. The third-order valence-corrected chi connectivity index (χ3v) is 3.12. The molecule has 4 heteroatoms. The molecule has 0 bridgehead atoms. The zero-order valence-electron chi connectivity index (χ0n) is 11.7. The second-order valence-electron chi connectivity index (χ2n) is 4.74. The van der Waals surface area contributed by atoms with E-state index in [0.29, 0.717) is 0 Å². The molecule has 0 saturated heterocycles. The number of anilines is 1. The molecule has 2 aromatic rings. The fourth-order valence-electron chi connectivity index (χ4n) is 1.81. The molecule has 0 aliphatic rings. The van der Waals surface area contributed by atoms with Crippen LogP contribution < -0.4 is 10.1 Å². The maximum atomic E-state index is 5.82. The van der Waals surface area contributed by atoms with E-state index in [0.717, 1.165) is 23.6 Å². The molecule has 19 heavy (non-hydrogen) atoms. The SMILES string of the molecule is CCC(C)Oc1cccc(NC(C)c2ccn[nH]2)c1. The summed E-state index contributed by atoms with van der Waals surface area (Å²) >= 11 is 0. The lowest BCUT2D eigenvalue weighted by Crippen LogP contribution is -2.10. The molecule has 2 atom stereocenters. The minimum absolute atomic E-state index is 0.182. The van der Waals surface area contributed by atoms with Crippen LogP contribution in [0.25, 0.3) is 0 Å². The topological polar surface area (TPSA) is 49.9 Å². The third kappa shape index (κ3) is 3.74. The van der Waals surface area contributed by atoms with E-state index >= 15 is 0 Å². The highest BCUT2D eigenvalue weighted by Gasteiger charge is 2.07. The summed E-state index contributed by atoms with van der Waals surface area (Å²) in [6.07, 6.45) is 3.00. The number of hydrogen-bond acceptors (Lipinski definition) is 3. The zero-order chi connectivity index (χ0) is 13.7. The van der Waals surface area contributed by atoms with Gasteiger partial charge in [0.1, 0.15) is 5.75 Å². The second-order valence-corrected chi connectivity index (χ2v) is 4.74. The first-order valence-electron chi connectivity index (χ1n) is 6.71. The number of benzene rings is 1. The van der Waals surface area contributed by atoms with Crippen molar-refractivity contribution in [2.75, 3.05) is 5.32 Å². The fraction of sp³-hybridized carbons (Fsp3) is 0.400. The zero-order valence-corrected chi connectivity index (χ0v) is 11.7. The number of H-pyrrole nitrogens is 1. The van der Waals surface area contributed by atoms with Crippen molar-refractivity contribution in [1.29, 1.82) is 0 Å². The Morgan fingerprint density at radius 1 is 1.32 bits per heavy atom. The van der Waals surface area contributed by atoms with E-state index in [4.69, 9.17) is 4.74 Å². The lowest BCUT2D eigenvalue weighted by Gasteiger charge is -2.16. The first-order chi connectivity index (χ1) is 9.19. The van der Waals surface area contributed by atoms with Gasteiger partial charge >= 0.3 is 0 Å². The maximum Gasteiger partial charge on any atom is 0.121 e. The summed E-state index contributed by atoms with van der Waals surface area (Å²) < 4.78 is 5.82. The van der Waals surface area contributed by atoms with Crippen molar-refractivity contribution in [1.82, 2.24) is 10.2 Å². The molecular formula is C15H21N3O. The Hall–Kier alpha value is -1.97. The molecule has 2 unspecified atom stereocenters. The van der Waals surface area contributed by atoms with Crippen molar-refractivity contribution in [2.24, 2.45) is 0 Å². The Morgan fingerprint density at radius 3 is 2.84 bits per heavy atom. The molecule has 0 spiro atoms. The van der Waals surface area contributed by atoms with Crippen LogP contribution in [0.1, 0.15) is 38.9 Å². The highest BCUT2D eigenvalue weighted by Crippen LogP contribution is 2.22. The average Bonchev–Trinajstić information content (AvgIpc) is 2.93. The number of nitrogens with one attached hydrogen (secondary N) is 2. The van der Waals surface area contributed by atoms with Crippen LogP contribution in [0, 0.1) is 0 Å². The molecule has 2 rings (SSSR count). The lowest BCUT2D eigenvalue weighted by atomic mass is 10.2. The van der Waals surface area contributed by atoms with Crippen LogP contribution in [0.3, 0.4) is 0 Å². The number of aromatic nitrogens is 2. The van der Waals surface area contributed by atoms with Gasteiger partial charge in [-0.3, -0.25) is 5.10 Å². The van der Waals surface area contributed by atoms with E-state index < -0.39 is 0 Å². The molecule has 1 aromatic carbocycles. The Balaban J connectivity index is 2.02. The number of nitrogens with zero attached hydrogens (tertiary/aromatic N) is 1. The highest BCUT2D eigenvalue weighted by atomic mass is 16.5. The van der Waals surface area contributed by atoms with Gasteiger partial charge in [-0.25, -0.2) is 0 Å². The van der Waals surface area contributed by atoms with Crippen molar-refractivity contribution in [3.63, 3.8) is 0 Å². The lowest BCUT2D eigenvalue weighted by molar-refractivity contribution is 0.217. The van der Waals surface area contributed by atoms with Gasteiger partial charge in [0.05, 0.1) is 17.8 Å². The van der Waals surface area contributed by atoms with E-state index in [1.165, 1.54) is 0 Å². The number of hydrogen-bond donors (Lipinski definition) is 2. The third-order valence-electron chi connectivity index (χ3n) is 3.12. The Kier molecular flexibility index (Phi) is 4.44. The predicted molar refractivity (Wildman–Crippen MR) is 77.4 cm³/mol. The molecule has 0 amide bonds. The molecule has 0 saturated carbocycles. The van der Waals surface area contributed by atoms with Crippen LogP contribution in [0.2, 0.25) is 0 Å². The van der Waals surface area contributed by atoms with Gasteiger partial charge in [0, 0.05) is 18.0 Å². The van der Waals surface area contributed by atoms with E-state index in [-0.39, 0.29) is 12.1 Å². The Bertz CT molecular complexity index is 496. The summed E-state index contributed by atoms with van der Waals surface area (Å²) in [6, 6.07) is 10.2. The van der Waals surface area contributed by atoms with E-state index in [2.05, 4.69) is 36.3 Å². The first-order valence-corrected chi connectivity index (χ1v) is 6.71. The maximum absolute atomic E-state index is 5.82. The van der Waals surface area contributed by atoms with Crippen LogP contribution >= 0.6 is 0 Å². The smallest absolute Gasteiger partial charge is 0.121 e. The average molecular weight is 259 g/mol. The molecular weight excluding hydrogens is 238 g/mol. The molecule has 0 aliphatic heterocycles. The van der Waals surface area contributed by atoms with E-state index in [1.807, 2.05) is 30.3 Å². The van der Waals surface area contributed by atoms with Crippen molar-refractivity contribution in [3.8, 4) is 5.75 Å². The normalized spacial score (nSPS) is 13.8. The summed E-state index contributed by atoms with van der Waals surface area (Å²) in [6.45, 7) is 6.29. The number of ether oxygens (including phenoxy) is 1. The summed E-state index contributed by atoms with van der Waals surface area (Å²) in [5.41, 5.74) is 2.11.